The van der Waals surface area contributed by atoms with Crippen molar-refractivity contribution in [1.29, 1.82) is 0 Å². The van der Waals surface area contributed by atoms with Gasteiger partial charge in [0.2, 0.25) is 0 Å². The molecule has 16 aromatic carbocycles. The summed E-state index contributed by atoms with van der Waals surface area (Å²) in [5.41, 5.74) is 33.8. The van der Waals surface area contributed by atoms with E-state index in [4.69, 9.17) is 33.5 Å². The number of nitrogens with zero attached hydrogens (tertiary/aromatic N) is 4. The number of aryl methyl sites for hydroxylation is 1. The molecule has 0 saturated carbocycles. The number of hydrogen-bond acceptors (Lipinski definition) is 7. The van der Waals surface area contributed by atoms with Gasteiger partial charge in [0.15, 0.2) is 0 Å². The van der Waals surface area contributed by atoms with E-state index in [1.807, 2.05) is 0 Å². The van der Waals surface area contributed by atoms with E-state index in [-0.39, 0.29) is 48.0 Å². The second-order valence-electron chi connectivity index (χ2n) is 52.0. The van der Waals surface area contributed by atoms with E-state index in [0.717, 1.165) is 109 Å². The summed E-state index contributed by atoms with van der Waals surface area (Å²) in [5, 5.41) is 16.4. The van der Waals surface area contributed by atoms with Gasteiger partial charge in [0.1, 0.15) is 11.5 Å². The second-order valence-corrected chi connectivity index (χ2v) is 88.2. The predicted molar refractivity (Wildman–Crippen MR) is 657 cm³/mol. The molecular formula is C97H70B28N7O4P6-6. The van der Waals surface area contributed by atoms with Crippen molar-refractivity contribution < 1.29 is 18.9 Å². The van der Waals surface area contributed by atoms with Crippen molar-refractivity contribution in [2.45, 2.75) is 6.92 Å². The van der Waals surface area contributed by atoms with Crippen LogP contribution in [0.1, 0.15) is 5.56 Å². The fraction of sp³-hybridized carbons (Fsp3) is 0.0103. The Morgan fingerprint density at radius 1 is 0.261 bits per heavy atom. The molecule has 0 unspecified atom stereocenters. The van der Waals surface area contributed by atoms with Gasteiger partial charge in [-0.3, -0.25) is 0 Å². The molecule has 29 aliphatic rings. The number of rotatable bonds is 9. The zero-order chi connectivity index (χ0) is 90.4. The molecule has 3 spiro atoms. The summed E-state index contributed by atoms with van der Waals surface area (Å²) in [6, 6.07) is 118. The van der Waals surface area contributed by atoms with Gasteiger partial charge in [0.05, 0.1) is 11.0 Å². The monoisotopic (exact) mass is 1890 g/mol. The quantitative estimate of drug-likeness (QED) is 0.149. The Hall–Kier alpha value is -9.80. The first-order chi connectivity index (χ1) is 69.9. The number of benzene rings is 16. The van der Waals surface area contributed by atoms with Crippen LogP contribution in [0.15, 0.2) is 315 Å². The maximum atomic E-state index is 7.18. The summed E-state index contributed by atoms with van der Waals surface area (Å²) in [7, 11) is 0.797. The summed E-state index contributed by atoms with van der Waals surface area (Å²) in [5.74, 6) is 8.89. The van der Waals surface area contributed by atoms with Gasteiger partial charge in [-0.05, 0) is 59.2 Å². The van der Waals surface area contributed by atoms with E-state index >= 15 is 0 Å². The predicted octanol–water partition coefficient (Wildman–Crippen LogP) is 4.04. The van der Waals surface area contributed by atoms with Gasteiger partial charge < -0.3 is 9.30 Å². The van der Waals surface area contributed by atoms with Crippen LogP contribution in [0.4, 0.5) is 0 Å². The molecule has 3 N–H and O–H groups in total. The summed E-state index contributed by atoms with van der Waals surface area (Å²) >= 11 is 0. The van der Waals surface area contributed by atoms with E-state index in [9.17, 15) is 0 Å². The zero-order valence-corrected chi connectivity index (χ0v) is 84.7. The molecule has 45 heteroatoms. The van der Waals surface area contributed by atoms with Gasteiger partial charge in [-0.25, -0.2) is 0 Å². The molecule has 6 bridgehead atoms. The van der Waals surface area contributed by atoms with Crippen LogP contribution in [0.3, 0.4) is 0 Å². The van der Waals surface area contributed by atoms with Gasteiger partial charge in [-0.15, -0.1) is 0 Å². The minimum absolute atomic E-state index is 0.205. The third-order valence-corrected chi connectivity index (χ3v) is 103. The van der Waals surface area contributed by atoms with Crippen LogP contribution in [0, 0.1) is 6.92 Å². The van der Waals surface area contributed by atoms with Gasteiger partial charge in [0, 0.05) is 16.5 Å². The Morgan fingerprint density at radius 2 is 0.620 bits per heavy atom. The number of hydrogen-bond donors (Lipinski definition) is 3. The van der Waals surface area contributed by atoms with Crippen molar-refractivity contribution in [2.75, 3.05) is 0 Å². The molecule has 21 saturated heterocycles. The number of fused-ring (bicyclic) bond motifs is 35. The molecule has 20 aromatic rings. The molecule has 0 aliphatic carbocycles. The maximum absolute atomic E-state index is 7.18. The molecule has 33 heterocycles. The first-order valence-electron chi connectivity index (χ1n) is 54.7. The SMILES string of the molecule is Cc1ccc2c(c1)Oc1ccc3c4ccccc4n4c3c1B2c1ccccc1-4.[B]1B2B3[BH2-]P123NP12(c3cc4c5c6c3c3ccccc3n6-c3ccccc3B5c3ccccc3O4)B3[BH2-]B1B32.[B]1B2B3[BH2-]P123NP12(c3cc4c5ccccc5n5c4c4c3Oc3ccccc3B4c3ccccc3-5)B3[BH2-]B1B32.[B]1B2B3[BH2-]P123NP12(c3cccc4c3Oc3ccc5c6ccccc6n6c5c3B4c3ccccc3-6)B3[BH2-]B1B32. The average molecular weight is 1890 g/mol. The van der Waals surface area contributed by atoms with E-state index in [1.54, 1.807) is 21.3 Å². The third-order valence-electron chi connectivity index (χ3n) is 49.5. The fourth-order valence-corrected chi connectivity index (χ4v) is 117. The number of para-hydroxylation sites is 11. The van der Waals surface area contributed by atoms with Gasteiger partial charge >= 0.3 is 675 Å². The summed E-state index contributed by atoms with van der Waals surface area (Å²) < 4.78 is 37.8. The van der Waals surface area contributed by atoms with E-state index in [2.05, 4.69) is 361 Å². The van der Waals surface area contributed by atoms with Crippen LogP contribution in [-0.2, 0) is 0 Å². The van der Waals surface area contributed by atoms with Crippen molar-refractivity contribution in [1.82, 2.24) is 32.8 Å². The van der Waals surface area contributed by atoms with Gasteiger partial charge in [-0.2, -0.15) is 0 Å². The van der Waals surface area contributed by atoms with Crippen LogP contribution < -0.4 is 115 Å². The number of aromatic nitrogens is 4. The first-order valence-corrected chi connectivity index (χ1v) is 70.7. The first kappa shape index (κ1) is 75.0. The van der Waals surface area contributed by atoms with Gasteiger partial charge in [0.25, 0.3) is 6.71 Å². The van der Waals surface area contributed by atoms with Crippen LogP contribution in [-0.4, -0.2) is 201 Å². The molecular weight excluding hydrogens is 1820 g/mol. The standard InChI is InChI=1S/C25H16BNO.3C24H18B9N2OP2/c1-15-10-12-19-23(14-15)28-22-13-11-17-16-6-2-4-8-20(16)27-21-9-5-3-7-18(21)26(19)24(22)25(17)27;1-4-10-18-14(7-1)15-13-21(37(29-25-30(37)33(29)37)34-38-26-31(38)32(38)27-38)24-22-23(15)35(18)19-11-5-2-8-16(19)28(22)17-9-3-6-12-20(17)36-24;1-4-10-17-14(7-1)22-21(37(29-25-30(37)33(29)37)34-38-26-31(38)32(38)27-38)13-20-23-24(22)35(17)18-11-5-2-8-15(18)28(23)16-9-3-6-12-19(16)36-20;1-3-9-18-14(6-1)15-12-13-20-22-23(15)35(18)19-10-4-2-7-16(19)28(22)17-8-5-11-21(24(17)36-20)37(29-25-30(37)33(29)37)34-38-26-31(38)32(38)27-38/h2-14H,1H3;3*1-13,34H,25-26H2/q;3*-2. The Bertz CT molecular complexity index is 10100. The van der Waals surface area contributed by atoms with Crippen molar-refractivity contribution in [2.24, 2.45) is 0 Å². The number of ether oxygens (including phenoxy) is 4. The molecule has 29 aliphatic heterocycles. The molecule has 0 amide bonds. The van der Waals surface area contributed by atoms with Crippen molar-refractivity contribution in [3.63, 3.8) is 0 Å². The molecule has 11 nitrogen and oxygen atoms in total. The zero-order valence-electron chi connectivity index (χ0n) is 79.3. The van der Waals surface area contributed by atoms with E-state index < -0.39 is 38.0 Å². The van der Waals surface area contributed by atoms with E-state index in [1.165, 1.54) is 206 Å². The number of nitrogens with one attached hydrogen (secondary N) is 3. The third kappa shape index (κ3) is 7.15. The van der Waals surface area contributed by atoms with Crippen molar-refractivity contribution >= 4 is 389 Å². The second kappa shape index (κ2) is 21.8. The van der Waals surface area contributed by atoms with Crippen LogP contribution in [0.5, 0.6) is 46.0 Å². The van der Waals surface area contributed by atoms with Gasteiger partial charge in [-0.1, -0.05) is 48.5 Å². The fourth-order valence-electron chi connectivity index (χ4n) is 41.8. The Morgan fingerprint density at radius 3 is 1.09 bits per heavy atom. The van der Waals surface area contributed by atoms with Crippen LogP contribution in [0.25, 0.3) is 110 Å². The molecule has 3 radical (unpaired) electrons. The molecule has 142 heavy (non-hydrogen) atoms. The normalized spacial score (nSPS) is 24.4. The summed E-state index contributed by atoms with van der Waals surface area (Å²) in [6.45, 7) is 12.7. The molecule has 4 aromatic heterocycles. The molecule has 0 atom stereocenters. The Labute approximate surface area is 830 Å². The van der Waals surface area contributed by atoms with Crippen molar-refractivity contribution in [3.8, 4) is 68.7 Å². The Balaban J connectivity index is 0.0000000728. The topological polar surface area (TPSA) is 92.7 Å². The Kier molecular flexibility index (Phi) is 11.5. The van der Waals surface area contributed by atoms with Crippen molar-refractivity contribution in [3.05, 3.63) is 321 Å². The minimum atomic E-state index is -2.00. The molecule has 21 fully saturated rings. The molecule has 49 rings (SSSR count). The molecule has 637 valence electrons. The summed E-state index contributed by atoms with van der Waals surface area (Å²) in [6.07, 6.45) is 6.78. The van der Waals surface area contributed by atoms with Crippen LogP contribution in [0.2, 0.25) is 0 Å². The van der Waals surface area contributed by atoms with E-state index in [0.29, 0.717) is 20.7 Å². The average Bonchev–Trinajstić information content (AvgIpc) is 1.33. The summed E-state index contributed by atoms with van der Waals surface area (Å²) in [4.78, 5) is 14.5. The van der Waals surface area contributed by atoms with Crippen LogP contribution >= 0.6 is 38.0 Å².